The molecule has 2 aliphatic rings. The molecule has 1 N–H and O–H groups in total. The van der Waals surface area contributed by atoms with Crippen molar-refractivity contribution in [2.75, 3.05) is 12.4 Å². The molecule has 1 aliphatic carbocycles. The lowest BCUT2D eigenvalue weighted by atomic mass is 9.94. The number of anilines is 1. The van der Waals surface area contributed by atoms with Gasteiger partial charge in [0, 0.05) is 5.70 Å². The molecule has 1 fully saturated rings. The van der Waals surface area contributed by atoms with Gasteiger partial charge < -0.3 is 19.5 Å². The fourth-order valence-corrected chi connectivity index (χ4v) is 4.88. The van der Waals surface area contributed by atoms with Crippen LogP contribution < -0.4 is 14.8 Å². The molecule has 8 heteroatoms. The number of methoxy groups -OCH3 is 1. The summed E-state index contributed by atoms with van der Waals surface area (Å²) in [5.74, 6) is 1.46. The molecule has 5 rings (SSSR count). The Bertz CT molecular complexity index is 1260. The second kappa shape index (κ2) is 10.4. The summed E-state index contributed by atoms with van der Waals surface area (Å²) in [6.07, 6.45) is 6.63. The van der Waals surface area contributed by atoms with E-state index in [1.807, 2.05) is 25.1 Å². The number of nitrogens with zero attached hydrogens (tertiary/aromatic N) is 3. The standard InChI is InChI=1S/C28H32N4O4/c1-18-9-11-20(12-10-18)16-35-23-14-13-21(15-24(23)34-3)26-25(19(2)31-28-29-17-30-32(26)28)27(33)36-22-7-5-4-6-8-22/h9-15,17,22,26H,4-8,16H2,1-3H3,(H,29,30,31). The number of ether oxygens (including phenoxy) is 3. The molecule has 2 aromatic carbocycles. The van der Waals surface area contributed by atoms with E-state index in [0.29, 0.717) is 35.3 Å². The predicted octanol–water partition coefficient (Wildman–Crippen LogP) is 5.34. The SMILES string of the molecule is COc1cc(C2C(C(=O)OC3CCCCC3)=C(C)Nc3ncnn32)ccc1OCc1ccc(C)cc1. The van der Waals surface area contributed by atoms with Gasteiger partial charge in [0.1, 0.15) is 25.1 Å². The molecule has 188 valence electrons. The quantitative estimate of drug-likeness (QED) is 0.449. The van der Waals surface area contributed by atoms with Crippen molar-refractivity contribution >= 4 is 11.9 Å². The molecule has 0 radical (unpaired) electrons. The molecule has 1 aromatic heterocycles. The van der Waals surface area contributed by atoms with Crippen molar-refractivity contribution < 1.29 is 19.0 Å². The highest BCUT2D eigenvalue weighted by Gasteiger charge is 2.36. The van der Waals surface area contributed by atoms with E-state index in [-0.39, 0.29) is 12.1 Å². The maximum atomic E-state index is 13.5. The van der Waals surface area contributed by atoms with Gasteiger partial charge in [-0.05, 0) is 62.8 Å². The largest absolute Gasteiger partial charge is 0.493 e. The van der Waals surface area contributed by atoms with E-state index in [1.54, 1.807) is 11.8 Å². The zero-order chi connectivity index (χ0) is 25.1. The first-order valence-corrected chi connectivity index (χ1v) is 12.5. The number of esters is 1. The van der Waals surface area contributed by atoms with E-state index < -0.39 is 6.04 Å². The van der Waals surface area contributed by atoms with Crippen molar-refractivity contribution in [3.8, 4) is 11.5 Å². The lowest BCUT2D eigenvalue weighted by molar-refractivity contribution is -0.146. The number of aromatic nitrogens is 3. The van der Waals surface area contributed by atoms with Crippen LogP contribution >= 0.6 is 0 Å². The van der Waals surface area contributed by atoms with Crippen LogP contribution in [0.1, 0.15) is 61.8 Å². The van der Waals surface area contributed by atoms with E-state index in [9.17, 15) is 4.79 Å². The van der Waals surface area contributed by atoms with E-state index in [1.165, 1.54) is 18.3 Å². The smallest absolute Gasteiger partial charge is 0.338 e. The van der Waals surface area contributed by atoms with Crippen molar-refractivity contribution in [2.45, 2.75) is 64.7 Å². The van der Waals surface area contributed by atoms with Crippen LogP contribution in [0.5, 0.6) is 11.5 Å². The van der Waals surface area contributed by atoms with Crippen LogP contribution in [-0.4, -0.2) is 33.9 Å². The molecule has 36 heavy (non-hydrogen) atoms. The number of rotatable bonds is 7. The Labute approximate surface area is 211 Å². The first-order valence-electron chi connectivity index (χ1n) is 12.5. The van der Waals surface area contributed by atoms with E-state index in [4.69, 9.17) is 14.2 Å². The van der Waals surface area contributed by atoms with Crippen molar-refractivity contribution in [3.63, 3.8) is 0 Å². The van der Waals surface area contributed by atoms with Crippen LogP contribution in [0.15, 0.2) is 60.1 Å². The van der Waals surface area contributed by atoms with Gasteiger partial charge in [0.2, 0.25) is 5.95 Å². The van der Waals surface area contributed by atoms with Gasteiger partial charge in [-0.1, -0.05) is 42.3 Å². The van der Waals surface area contributed by atoms with Gasteiger partial charge in [0.25, 0.3) is 0 Å². The molecule has 8 nitrogen and oxygen atoms in total. The van der Waals surface area contributed by atoms with Crippen LogP contribution in [0, 0.1) is 6.92 Å². The van der Waals surface area contributed by atoms with Gasteiger partial charge in [-0.2, -0.15) is 10.1 Å². The van der Waals surface area contributed by atoms with Crippen molar-refractivity contribution in [1.29, 1.82) is 0 Å². The lowest BCUT2D eigenvalue weighted by Gasteiger charge is -2.30. The van der Waals surface area contributed by atoms with Gasteiger partial charge in [-0.3, -0.25) is 0 Å². The van der Waals surface area contributed by atoms with Crippen LogP contribution in [0.2, 0.25) is 0 Å². The minimum atomic E-state index is -0.500. The predicted molar refractivity (Wildman–Crippen MR) is 136 cm³/mol. The summed E-state index contributed by atoms with van der Waals surface area (Å²) in [5.41, 5.74) is 4.34. The molecule has 0 spiro atoms. The summed E-state index contributed by atoms with van der Waals surface area (Å²) >= 11 is 0. The minimum absolute atomic E-state index is 0.0450. The average molecular weight is 489 g/mol. The Morgan fingerprint density at radius 3 is 2.58 bits per heavy atom. The average Bonchev–Trinajstić information content (AvgIpc) is 3.36. The number of fused-ring (bicyclic) bond motifs is 1. The molecular weight excluding hydrogens is 456 g/mol. The highest BCUT2D eigenvalue weighted by atomic mass is 16.5. The molecule has 2 heterocycles. The minimum Gasteiger partial charge on any atom is -0.493 e. The zero-order valence-corrected chi connectivity index (χ0v) is 21.0. The van der Waals surface area contributed by atoms with E-state index >= 15 is 0 Å². The number of hydrogen-bond acceptors (Lipinski definition) is 7. The van der Waals surface area contributed by atoms with E-state index in [2.05, 4.69) is 46.6 Å². The molecule has 1 saturated carbocycles. The Morgan fingerprint density at radius 2 is 1.83 bits per heavy atom. The second-order valence-corrected chi connectivity index (χ2v) is 9.44. The van der Waals surface area contributed by atoms with Crippen LogP contribution in [0.25, 0.3) is 0 Å². The number of nitrogens with one attached hydrogen (secondary N) is 1. The van der Waals surface area contributed by atoms with Gasteiger partial charge in [-0.15, -0.1) is 0 Å². The lowest BCUT2D eigenvalue weighted by Crippen LogP contribution is -2.32. The summed E-state index contributed by atoms with van der Waals surface area (Å²) in [6, 6.07) is 13.4. The fraction of sp³-hybridized carbons (Fsp3) is 0.393. The summed E-state index contributed by atoms with van der Waals surface area (Å²) in [4.78, 5) is 17.8. The summed E-state index contributed by atoms with van der Waals surface area (Å²) < 4.78 is 19.4. The molecule has 0 saturated heterocycles. The number of hydrogen-bond donors (Lipinski definition) is 1. The van der Waals surface area contributed by atoms with Gasteiger partial charge >= 0.3 is 5.97 Å². The van der Waals surface area contributed by atoms with Gasteiger partial charge in [-0.25, -0.2) is 9.48 Å². The van der Waals surface area contributed by atoms with E-state index in [0.717, 1.165) is 36.8 Å². The fourth-order valence-electron chi connectivity index (χ4n) is 4.88. The summed E-state index contributed by atoms with van der Waals surface area (Å²) in [7, 11) is 1.61. The van der Waals surface area contributed by atoms with Crippen molar-refractivity contribution in [1.82, 2.24) is 14.8 Å². The molecule has 3 aromatic rings. The van der Waals surface area contributed by atoms with Crippen LogP contribution in [0.4, 0.5) is 5.95 Å². The number of carbonyl (C=O) groups excluding carboxylic acids is 1. The number of carbonyl (C=O) groups is 1. The Morgan fingerprint density at radius 1 is 1.06 bits per heavy atom. The van der Waals surface area contributed by atoms with Gasteiger partial charge in [0.15, 0.2) is 11.5 Å². The Balaban J connectivity index is 1.43. The van der Waals surface area contributed by atoms with Crippen LogP contribution in [0.3, 0.4) is 0 Å². The third-order valence-corrected chi connectivity index (χ3v) is 6.86. The summed E-state index contributed by atoms with van der Waals surface area (Å²) in [5, 5.41) is 7.62. The first kappa shape index (κ1) is 23.9. The highest BCUT2D eigenvalue weighted by Crippen LogP contribution is 2.39. The number of aryl methyl sites for hydroxylation is 1. The first-order chi connectivity index (χ1) is 17.5. The number of benzene rings is 2. The molecule has 0 amide bonds. The Kier molecular flexibility index (Phi) is 6.93. The van der Waals surface area contributed by atoms with Crippen LogP contribution in [-0.2, 0) is 16.1 Å². The molecule has 0 bridgehead atoms. The maximum absolute atomic E-state index is 13.5. The van der Waals surface area contributed by atoms with Gasteiger partial charge in [0.05, 0.1) is 12.7 Å². The third kappa shape index (κ3) is 4.94. The molecule has 1 unspecified atom stereocenters. The topological polar surface area (TPSA) is 87.5 Å². The third-order valence-electron chi connectivity index (χ3n) is 6.86. The zero-order valence-electron chi connectivity index (χ0n) is 21.0. The van der Waals surface area contributed by atoms with Crippen molar-refractivity contribution in [2.24, 2.45) is 0 Å². The summed E-state index contributed by atoms with van der Waals surface area (Å²) in [6.45, 7) is 4.36. The molecule has 1 atom stereocenters. The molecular formula is C28H32N4O4. The highest BCUT2D eigenvalue weighted by molar-refractivity contribution is 5.92. The maximum Gasteiger partial charge on any atom is 0.338 e. The normalized spacial score (nSPS) is 17.8. The monoisotopic (exact) mass is 488 g/mol. The number of allylic oxidation sites excluding steroid dienone is 1. The molecule has 1 aliphatic heterocycles. The Hall–Kier alpha value is -3.81. The second-order valence-electron chi connectivity index (χ2n) is 9.44. The van der Waals surface area contributed by atoms with Crippen molar-refractivity contribution in [3.05, 3.63) is 76.8 Å².